The molecule has 2 N–H and O–H groups in total. The molecule has 1 aliphatic carbocycles. The van der Waals surface area contributed by atoms with Gasteiger partial charge in [-0.15, -0.1) is 0 Å². The molecule has 134 valence electrons. The van der Waals surface area contributed by atoms with Gasteiger partial charge in [0.05, 0.1) is 30.8 Å². The average Bonchev–Trinajstić information content (AvgIpc) is 3.01. The van der Waals surface area contributed by atoms with Crippen molar-refractivity contribution in [3.63, 3.8) is 0 Å². The van der Waals surface area contributed by atoms with E-state index in [4.69, 9.17) is 9.47 Å². The summed E-state index contributed by atoms with van der Waals surface area (Å²) in [6.07, 6.45) is 3.66. The van der Waals surface area contributed by atoms with Crippen molar-refractivity contribution < 1.29 is 14.3 Å². The summed E-state index contributed by atoms with van der Waals surface area (Å²) in [5.74, 6) is 2.44. The van der Waals surface area contributed by atoms with Gasteiger partial charge < -0.3 is 19.8 Å². The Kier molecular flexibility index (Phi) is 4.24. The van der Waals surface area contributed by atoms with Gasteiger partial charge in [0.15, 0.2) is 0 Å². The molecule has 26 heavy (non-hydrogen) atoms. The largest absolute Gasteiger partial charge is 0.497 e. The molecule has 3 aromatic rings. The van der Waals surface area contributed by atoms with E-state index in [9.17, 15) is 4.79 Å². The van der Waals surface area contributed by atoms with E-state index in [1.54, 1.807) is 25.3 Å². The summed E-state index contributed by atoms with van der Waals surface area (Å²) in [7, 11) is 3.10. The van der Waals surface area contributed by atoms with E-state index >= 15 is 0 Å². The van der Waals surface area contributed by atoms with Crippen molar-refractivity contribution in [1.82, 2.24) is 9.97 Å². The van der Waals surface area contributed by atoms with Gasteiger partial charge in [0, 0.05) is 11.6 Å². The molecule has 0 radical (unpaired) electrons. The smallest absolute Gasteiger partial charge is 0.259 e. The SMILES string of the molecule is COc1ccc(OC)c(C(=O)Nc2ccc3nc(C4CCC4)[nH]c3c2)c1. The molecule has 0 bridgehead atoms. The van der Waals surface area contributed by atoms with Gasteiger partial charge in [-0.2, -0.15) is 0 Å². The van der Waals surface area contributed by atoms with Crippen molar-refractivity contribution in [2.24, 2.45) is 0 Å². The van der Waals surface area contributed by atoms with Crippen LogP contribution in [0.4, 0.5) is 5.69 Å². The molecule has 2 aromatic carbocycles. The normalized spacial score (nSPS) is 14.1. The van der Waals surface area contributed by atoms with Crippen LogP contribution in [0.2, 0.25) is 0 Å². The zero-order valence-electron chi connectivity index (χ0n) is 14.8. The molecule has 0 unspecified atom stereocenters. The van der Waals surface area contributed by atoms with E-state index in [-0.39, 0.29) is 5.91 Å². The van der Waals surface area contributed by atoms with Crippen molar-refractivity contribution in [2.75, 3.05) is 19.5 Å². The number of anilines is 1. The number of hydrogen-bond acceptors (Lipinski definition) is 4. The highest BCUT2D eigenvalue weighted by atomic mass is 16.5. The molecule has 1 aliphatic rings. The molecule has 1 heterocycles. The number of amides is 1. The van der Waals surface area contributed by atoms with Crippen LogP contribution >= 0.6 is 0 Å². The number of imidazole rings is 1. The van der Waals surface area contributed by atoms with Crippen LogP contribution in [-0.4, -0.2) is 30.1 Å². The van der Waals surface area contributed by atoms with Gasteiger partial charge in [-0.25, -0.2) is 4.98 Å². The van der Waals surface area contributed by atoms with Gasteiger partial charge >= 0.3 is 0 Å². The zero-order chi connectivity index (χ0) is 18.1. The molecule has 1 amide bonds. The second-order valence-electron chi connectivity index (χ2n) is 6.50. The van der Waals surface area contributed by atoms with Gasteiger partial charge in [-0.05, 0) is 49.2 Å². The number of rotatable bonds is 5. The Morgan fingerprint density at radius 3 is 2.69 bits per heavy atom. The van der Waals surface area contributed by atoms with Crippen LogP contribution in [0.15, 0.2) is 36.4 Å². The first kappa shape index (κ1) is 16.4. The van der Waals surface area contributed by atoms with Crippen molar-refractivity contribution in [2.45, 2.75) is 25.2 Å². The number of H-pyrrole nitrogens is 1. The van der Waals surface area contributed by atoms with Crippen LogP contribution in [-0.2, 0) is 0 Å². The Morgan fingerprint density at radius 1 is 1.15 bits per heavy atom. The lowest BCUT2D eigenvalue weighted by Gasteiger charge is -2.22. The topological polar surface area (TPSA) is 76.2 Å². The van der Waals surface area contributed by atoms with Crippen LogP contribution in [0.5, 0.6) is 11.5 Å². The number of ether oxygens (including phenoxy) is 2. The molecule has 1 aromatic heterocycles. The van der Waals surface area contributed by atoms with Crippen molar-refractivity contribution in [1.29, 1.82) is 0 Å². The second-order valence-corrected chi connectivity index (χ2v) is 6.50. The van der Waals surface area contributed by atoms with Crippen molar-refractivity contribution >= 4 is 22.6 Å². The van der Waals surface area contributed by atoms with Crippen LogP contribution in [0, 0.1) is 0 Å². The Morgan fingerprint density at radius 2 is 2.00 bits per heavy atom. The lowest BCUT2D eigenvalue weighted by molar-refractivity contribution is 0.102. The monoisotopic (exact) mass is 351 g/mol. The highest BCUT2D eigenvalue weighted by Crippen LogP contribution is 2.35. The molecule has 1 saturated carbocycles. The predicted molar refractivity (Wildman–Crippen MR) is 100 cm³/mol. The molecule has 6 nitrogen and oxygen atoms in total. The quantitative estimate of drug-likeness (QED) is 0.725. The fraction of sp³-hybridized carbons (Fsp3) is 0.300. The summed E-state index contributed by atoms with van der Waals surface area (Å²) < 4.78 is 10.5. The number of carbonyl (C=O) groups excluding carboxylic acids is 1. The third kappa shape index (κ3) is 2.98. The maximum atomic E-state index is 12.7. The molecule has 0 atom stereocenters. The first-order valence-corrected chi connectivity index (χ1v) is 8.71. The molecule has 0 aliphatic heterocycles. The summed E-state index contributed by atoms with van der Waals surface area (Å²) >= 11 is 0. The number of hydrogen-bond donors (Lipinski definition) is 2. The van der Waals surface area contributed by atoms with Gasteiger partial charge in [0.1, 0.15) is 17.3 Å². The predicted octanol–water partition coefficient (Wildman–Crippen LogP) is 4.10. The van der Waals surface area contributed by atoms with E-state index < -0.39 is 0 Å². The third-order valence-corrected chi connectivity index (χ3v) is 4.90. The standard InChI is InChI=1S/C20H21N3O3/c1-25-14-7-9-18(26-2)15(11-14)20(24)21-13-6-8-16-17(10-13)23-19(22-16)12-4-3-5-12/h6-12H,3-5H2,1-2H3,(H,21,24)(H,22,23). The maximum Gasteiger partial charge on any atom is 0.259 e. The van der Waals surface area contributed by atoms with E-state index in [1.165, 1.54) is 26.4 Å². The lowest BCUT2D eigenvalue weighted by Crippen LogP contribution is -2.13. The molecule has 0 spiro atoms. The fourth-order valence-corrected chi connectivity index (χ4v) is 3.17. The number of aromatic amines is 1. The summed E-state index contributed by atoms with van der Waals surface area (Å²) in [6, 6.07) is 10.8. The minimum atomic E-state index is -0.251. The third-order valence-electron chi connectivity index (χ3n) is 4.90. The molecule has 1 fully saturated rings. The number of nitrogens with one attached hydrogen (secondary N) is 2. The Hall–Kier alpha value is -3.02. The first-order valence-electron chi connectivity index (χ1n) is 8.71. The summed E-state index contributed by atoms with van der Waals surface area (Å²) in [5, 5.41) is 2.92. The number of nitrogens with zero attached hydrogens (tertiary/aromatic N) is 1. The fourth-order valence-electron chi connectivity index (χ4n) is 3.17. The lowest BCUT2D eigenvalue weighted by atomic mass is 9.85. The highest BCUT2D eigenvalue weighted by molar-refractivity contribution is 6.07. The van der Waals surface area contributed by atoms with Gasteiger partial charge in [-0.1, -0.05) is 6.42 Å². The molecule has 6 heteroatoms. The van der Waals surface area contributed by atoms with E-state index in [1.807, 2.05) is 18.2 Å². The first-order chi connectivity index (χ1) is 12.7. The van der Waals surface area contributed by atoms with Crippen LogP contribution in [0.1, 0.15) is 41.4 Å². The Balaban J connectivity index is 1.59. The Bertz CT molecular complexity index is 960. The van der Waals surface area contributed by atoms with E-state index in [2.05, 4.69) is 15.3 Å². The number of aromatic nitrogens is 2. The van der Waals surface area contributed by atoms with Crippen LogP contribution < -0.4 is 14.8 Å². The molecular weight excluding hydrogens is 330 g/mol. The van der Waals surface area contributed by atoms with Gasteiger partial charge in [-0.3, -0.25) is 4.79 Å². The molecular formula is C20H21N3O3. The van der Waals surface area contributed by atoms with E-state index in [0.29, 0.717) is 28.7 Å². The number of methoxy groups -OCH3 is 2. The van der Waals surface area contributed by atoms with Crippen molar-refractivity contribution in [3.05, 3.63) is 47.8 Å². The van der Waals surface area contributed by atoms with E-state index in [0.717, 1.165) is 16.9 Å². The summed E-state index contributed by atoms with van der Waals surface area (Å²) in [4.78, 5) is 20.7. The summed E-state index contributed by atoms with van der Waals surface area (Å²) in [6.45, 7) is 0. The highest BCUT2D eigenvalue weighted by Gasteiger charge is 2.22. The molecule has 0 saturated heterocycles. The minimum absolute atomic E-state index is 0.251. The number of fused-ring (bicyclic) bond motifs is 1. The Labute approximate surface area is 151 Å². The molecule has 4 rings (SSSR count). The summed E-state index contributed by atoms with van der Waals surface area (Å²) in [5.41, 5.74) is 2.98. The number of benzene rings is 2. The minimum Gasteiger partial charge on any atom is -0.497 e. The number of carbonyl (C=O) groups is 1. The van der Waals surface area contributed by atoms with Gasteiger partial charge in [0.25, 0.3) is 5.91 Å². The van der Waals surface area contributed by atoms with Crippen LogP contribution in [0.25, 0.3) is 11.0 Å². The maximum absolute atomic E-state index is 12.7. The van der Waals surface area contributed by atoms with Crippen LogP contribution in [0.3, 0.4) is 0 Å². The average molecular weight is 351 g/mol. The second kappa shape index (κ2) is 6.71. The van der Waals surface area contributed by atoms with Gasteiger partial charge in [0.2, 0.25) is 0 Å². The zero-order valence-corrected chi connectivity index (χ0v) is 14.8. The van der Waals surface area contributed by atoms with Crippen molar-refractivity contribution in [3.8, 4) is 11.5 Å².